The highest BCUT2D eigenvalue weighted by molar-refractivity contribution is 6.31. The molecule has 0 spiro atoms. The van der Waals surface area contributed by atoms with Gasteiger partial charge in [0.05, 0.1) is 19.1 Å². The number of carbonyl (C=O) groups is 1. The summed E-state index contributed by atoms with van der Waals surface area (Å²) in [5.74, 6) is 0.122. The number of aromatic amines is 1. The highest BCUT2D eigenvalue weighted by Gasteiger charge is 2.29. The quantitative estimate of drug-likeness (QED) is 0.746. The average molecular weight is 369 g/mol. The molecule has 2 heterocycles. The van der Waals surface area contributed by atoms with E-state index in [0.29, 0.717) is 24.5 Å². The third-order valence-electron chi connectivity index (χ3n) is 4.86. The number of hydrogen-bond donors (Lipinski definition) is 1. The van der Waals surface area contributed by atoms with E-state index in [-0.39, 0.29) is 18.1 Å². The minimum absolute atomic E-state index is 0.0136. The van der Waals surface area contributed by atoms with Gasteiger partial charge in [0, 0.05) is 28.7 Å². The van der Waals surface area contributed by atoms with Crippen LogP contribution in [0.15, 0.2) is 54.7 Å². The van der Waals surface area contributed by atoms with Crippen molar-refractivity contribution in [1.29, 1.82) is 0 Å². The Bertz CT molecular complexity index is 922. The minimum Gasteiger partial charge on any atom is -0.367 e. The summed E-state index contributed by atoms with van der Waals surface area (Å²) in [6, 6.07) is 15.8. The number of rotatable bonds is 3. The summed E-state index contributed by atoms with van der Waals surface area (Å²) in [4.78, 5) is 18.0. The predicted molar refractivity (Wildman–Crippen MR) is 103 cm³/mol. The zero-order valence-corrected chi connectivity index (χ0v) is 15.4. The number of fused-ring (bicyclic) bond motifs is 1. The van der Waals surface area contributed by atoms with Gasteiger partial charge < -0.3 is 14.6 Å². The molecule has 2 atom stereocenters. The van der Waals surface area contributed by atoms with Gasteiger partial charge in [0.1, 0.15) is 6.10 Å². The van der Waals surface area contributed by atoms with Gasteiger partial charge in [0.15, 0.2) is 0 Å². The molecule has 1 N–H and O–H groups in total. The molecule has 0 radical (unpaired) electrons. The van der Waals surface area contributed by atoms with Gasteiger partial charge in [-0.25, -0.2) is 0 Å². The molecular formula is C21H21ClN2O2. The number of halogens is 1. The van der Waals surface area contributed by atoms with E-state index < -0.39 is 0 Å². The highest BCUT2D eigenvalue weighted by Crippen LogP contribution is 2.27. The van der Waals surface area contributed by atoms with Crippen LogP contribution in [-0.4, -0.2) is 35.0 Å². The van der Waals surface area contributed by atoms with Gasteiger partial charge >= 0.3 is 0 Å². The first kappa shape index (κ1) is 17.1. The van der Waals surface area contributed by atoms with E-state index in [1.54, 1.807) is 0 Å². The Hall–Kier alpha value is -2.30. The molecule has 134 valence electrons. The number of nitrogens with zero attached hydrogens (tertiary/aromatic N) is 1. The van der Waals surface area contributed by atoms with Crippen molar-refractivity contribution >= 4 is 28.4 Å². The van der Waals surface area contributed by atoms with E-state index in [0.717, 1.165) is 22.0 Å². The smallest absolute Gasteiger partial charge is 0.227 e. The SMILES string of the molecule is CC1CN(C(=O)Cc2c[nH]c3cc(Cl)ccc23)CC(c2ccccc2)O1. The Labute approximate surface area is 157 Å². The summed E-state index contributed by atoms with van der Waals surface area (Å²) >= 11 is 6.04. The summed E-state index contributed by atoms with van der Waals surface area (Å²) in [6.45, 7) is 3.22. The Morgan fingerprint density at radius 1 is 1.23 bits per heavy atom. The van der Waals surface area contributed by atoms with E-state index >= 15 is 0 Å². The van der Waals surface area contributed by atoms with Gasteiger partial charge in [0.25, 0.3) is 0 Å². The van der Waals surface area contributed by atoms with Crippen LogP contribution < -0.4 is 0 Å². The van der Waals surface area contributed by atoms with Crippen molar-refractivity contribution < 1.29 is 9.53 Å². The van der Waals surface area contributed by atoms with Gasteiger partial charge in [-0.2, -0.15) is 0 Å². The number of hydrogen-bond acceptors (Lipinski definition) is 2. The van der Waals surface area contributed by atoms with Crippen LogP contribution >= 0.6 is 11.6 Å². The first-order chi connectivity index (χ1) is 12.6. The number of ether oxygens (including phenoxy) is 1. The monoisotopic (exact) mass is 368 g/mol. The molecule has 5 heteroatoms. The molecule has 0 aliphatic carbocycles. The molecule has 2 aromatic carbocycles. The fraction of sp³-hybridized carbons (Fsp3) is 0.286. The second-order valence-corrected chi connectivity index (χ2v) is 7.26. The van der Waals surface area contributed by atoms with Crippen molar-refractivity contribution in [3.05, 3.63) is 70.9 Å². The maximum atomic E-state index is 12.9. The van der Waals surface area contributed by atoms with Crippen molar-refractivity contribution in [3.8, 4) is 0 Å². The third kappa shape index (κ3) is 3.48. The molecule has 2 unspecified atom stereocenters. The molecule has 1 aromatic heterocycles. The van der Waals surface area contributed by atoms with E-state index in [2.05, 4.69) is 17.1 Å². The molecule has 4 nitrogen and oxygen atoms in total. The van der Waals surface area contributed by atoms with Crippen LogP contribution in [0.1, 0.15) is 24.2 Å². The number of amides is 1. The number of aromatic nitrogens is 1. The topological polar surface area (TPSA) is 45.3 Å². The summed E-state index contributed by atoms with van der Waals surface area (Å²) in [6.07, 6.45) is 2.21. The fourth-order valence-corrected chi connectivity index (χ4v) is 3.76. The van der Waals surface area contributed by atoms with Crippen LogP contribution in [0.5, 0.6) is 0 Å². The molecule has 1 saturated heterocycles. The van der Waals surface area contributed by atoms with E-state index in [1.807, 2.05) is 54.4 Å². The van der Waals surface area contributed by atoms with Crippen molar-refractivity contribution in [2.75, 3.05) is 13.1 Å². The zero-order valence-electron chi connectivity index (χ0n) is 14.6. The van der Waals surface area contributed by atoms with Gasteiger partial charge in [0.2, 0.25) is 5.91 Å². The predicted octanol–water partition coefficient (Wildman–Crippen LogP) is 4.35. The van der Waals surface area contributed by atoms with E-state index in [4.69, 9.17) is 16.3 Å². The van der Waals surface area contributed by atoms with Crippen molar-refractivity contribution in [2.45, 2.75) is 25.6 Å². The van der Waals surface area contributed by atoms with Crippen molar-refractivity contribution in [2.24, 2.45) is 0 Å². The van der Waals surface area contributed by atoms with Crippen LogP contribution in [0.3, 0.4) is 0 Å². The number of H-pyrrole nitrogens is 1. The average Bonchev–Trinajstić information content (AvgIpc) is 3.03. The fourth-order valence-electron chi connectivity index (χ4n) is 3.59. The molecular weight excluding hydrogens is 348 g/mol. The molecule has 0 saturated carbocycles. The first-order valence-corrected chi connectivity index (χ1v) is 9.21. The highest BCUT2D eigenvalue weighted by atomic mass is 35.5. The van der Waals surface area contributed by atoms with Crippen LogP contribution in [0.2, 0.25) is 5.02 Å². The molecule has 3 aromatic rings. The minimum atomic E-state index is -0.0781. The molecule has 1 fully saturated rings. The Morgan fingerprint density at radius 3 is 2.85 bits per heavy atom. The summed E-state index contributed by atoms with van der Waals surface area (Å²) < 4.78 is 6.06. The summed E-state index contributed by atoms with van der Waals surface area (Å²) in [5, 5.41) is 1.73. The maximum Gasteiger partial charge on any atom is 0.227 e. The largest absolute Gasteiger partial charge is 0.367 e. The second kappa shape index (κ2) is 7.14. The number of morpholine rings is 1. The van der Waals surface area contributed by atoms with Crippen LogP contribution in [0, 0.1) is 0 Å². The van der Waals surface area contributed by atoms with E-state index in [9.17, 15) is 4.79 Å². The summed E-state index contributed by atoms with van der Waals surface area (Å²) in [7, 11) is 0. The van der Waals surface area contributed by atoms with Crippen LogP contribution in [-0.2, 0) is 16.0 Å². The Balaban J connectivity index is 1.51. The molecule has 1 aliphatic heterocycles. The van der Waals surface area contributed by atoms with Gasteiger partial charge in [-0.1, -0.05) is 48.0 Å². The van der Waals surface area contributed by atoms with Crippen molar-refractivity contribution in [3.63, 3.8) is 0 Å². The second-order valence-electron chi connectivity index (χ2n) is 6.83. The lowest BCUT2D eigenvalue weighted by Gasteiger charge is -2.37. The molecule has 1 aliphatic rings. The molecule has 0 bridgehead atoms. The number of carbonyl (C=O) groups excluding carboxylic acids is 1. The molecule has 4 rings (SSSR count). The van der Waals surface area contributed by atoms with Gasteiger partial charge in [-0.05, 0) is 30.2 Å². The Kier molecular flexibility index (Phi) is 4.70. The summed E-state index contributed by atoms with van der Waals surface area (Å²) in [5.41, 5.74) is 3.06. The first-order valence-electron chi connectivity index (χ1n) is 8.84. The Morgan fingerprint density at radius 2 is 2.04 bits per heavy atom. The lowest BCUT2D eigenvalue weighted by molar-refractivity contribution is -0.144. The van der Waals surface area contributed by atoms with Gasteiger partial charge in [-0.15, -0.1) is 0 Å². The standard InChI is InChI=1S/C21H21ClN2O2/c1-14-12-24(13-20(26-14)15-5-3-2-4-6-15)21(25)9-16-11-23-19-10-17(22)7-8-18(16)19/h2-8,10-11,14,20,23H,9,12-13H2,1H3. The number of nitrogens with one attached hydrogen (secondary N) is 1. The molecule has 1 amide bonds. The molecule has 26 heavy (non-hydrogen) atoms. The van der Waals surface area contributed by atoms with E-state index in [1.165, 1.54) is 0 Å². The van der Waals surface area contributed by atoms with Crippen molar-refractivity contribution in [1.82, 2.24) is 9.88 Å². The normalized spacial score (nSPS) is 20.5. The number of benzene rings is 2. The van der Waals surface area contributed by atoms with Crippen LogP contribution in [0.25, 0.3) is 10.9 Å². The maximum absolute atomic E-state index is 12.9. The lowest BCUT2D eigenvalue weighted by Crippen LogP contribution is -2.46. The zero-order chi connectivity index (χ0) is 18.1. The van der Waals surface area contributed by atoms with Crippen LogP contribution in [0.4, 0.5) is 0 Å². The van der Waals surface area contributed by atoms with Gasteiger partial charge in [-0.3, -0.25) is 4.79 Å². The lowest BCUT2D eigenvalue weighted by atomic mass is 10.1. The third-order valence-corrected chi connectivity index (χ3v) is 5.09.